The Hall–Kier alpha value is -1.14. The topological polar surface area (TPSA) is 62.3 Å². The van der Waals surface area contributed by atoms with Crippen molar-refractivity contribution in [2.75, 3.05) is 18.0 Å². The molecule has 2 aliphatic heterocycles. The van der Waals surface area contributed by atoms with E-state index in [0.29, 0.717) is 17.3 Å². The fraction of sp³-hybridized carbons (Fsp3) is 0.583. The molecule has 0 aromatic carbocycles. The summed E-state index contributed by atoms with van der Waals surface area (Å²) < 4.78 is 27.1. The van der Waals surface area contributed by atoms with Gasteiger partial charge < -0.3 is 4.90 Å². The van der Waals surface area contributed by atoms with E-state index >= 15 is 0 Å². The number of fused-ring (bicyclic) bond motifs is 3. The minimum absolute atomic E-state index is 0.241. The van der Waals surface area contributed by atoms with Gasteiger partial charge in [0.05, 0.1) is 0 Å². The minimum atomic E-state index is -3.41. The summed E-state index contributed by atoms with van der Waals surface area (Å²) in [4.78, 5) is 6.84. The Kier molecular flexibility index (Phi) is 2.79. The zero-order valence-electron chi connectivity index (χ0n) is 10.4. The molecule has 98 valence electrons. The first-order valence-electron chi connectivity index (χ1n) is 6.31. The average molecular weight is 267 g/mol. The molecule has 3 heterocycles. The third-order valence-electron chi connectivity index (χ3n) is 3.67. The highest BCUT2D eigenvalue weighted by Gasteiger charge is 2.33. The van der Waals surface area contributed by atoms with Gasteiger partial charge in [0, 0.05) is 25.3 Å². The lowest BCUT2D eigenvalue weighted by molar-refractivity contribution is 0.454. The van der Waals surface area contributed by atoms with Gasteiger partial charge in [-0.05, 0) is 37.8 Å². The van der Waals surface area contributed by atoms with E-state index in [1.165, 1.54) is 0 Å². The zero-order chi connectivity index (χ0) is 12.8. The molecule has 0 spiro atoms. The molecular weight excluding hydrogens is 250 g/mol. The van der Waals surface area contributed by atoms with Crippen molar-refractivity contribution in [1.29, 1.82) is 0 Å². The van der Waals surface area contributed by atoms with Gasteiger partial charge in [-0.2, -0.15) is 0 Å². The number of nitrogens with one attached hydrogen (secondary N) is 1. The molecule has 1 unspecified atom stereocenters. The number of sulfonamides is 1. The van der Waals surface area contributed by atoms with Crippen molar-refractivity contribution in [2.45, 2.75) is 37.1 Å². The van der Waals surface area contributed by atoms with Crippen molar-refractivity contribution >= 4 is 15.8 Å². The summed E-state index contributed by atoms with van der Waals surface area (Å²) in [7, 11) is -3.41. The molecule has 0 bridgehead atoms. The van der Waals surface area contributed by atoms with Crippen LogP contribution in [0.5, 0.6) is 0 Å². The van der Waals surface area contributed by atoms with Gasteiger partial charge in [0.1, 0.15) is 10.7 Å². The maximum Gasteiger partial charge on any atom is 0.244 e. The predicted octanol–water partition coefficient (Wildman–Crippen LogP) is 1.04. The highest BCUT2D eigenvalue weighted by Crippen LogP contribution is 2.31. The molecule has 1 aromatic rings. The number of piperidine rings is 1. The maximum absolute atomic E-state index is 12.2. The Bertz CT molecular complexity index is 571. The third kappa shape index (κ3) is 1.89. The monoisotopic (exact) mass is 267 g/mol. The molecule has 1 aromatic heterocycles. The van der Waals surface area contributed by atoms with Crippen molar-refractivity contribution in [2.24, 2.45) is 0 Å². The molecule has 0 aliphatic carbocycles. The zero-order valence-corrected chi connectivity index (χ0v) is 11.2. The van der Waals surface area contributed by atoms with Crippen molar-refractivity contribution in [3.05, 3.63) is 17.8 Å². The Morgan fingerprint density at radius 3 is 3.11 bits per heavy atom. The largest absolute Gasteiger partial charge is 0.351 e. The number of aryl methyl sites for hydroxylation is 1. The number of pyridine rings is 1. The van der Waals surface area contributed by atoms with Crippen LogP contribution in [0, 0.1) is 6.92 Å². The van der Waals surface area contributed by atoms with E-state index < -0.39 is 10.0 Å². The second-order valence-electron chi connectivity index (χ2n) is 5.03. The van der Waals surface area contributed by atoms with Crippen molar-refractivity contribution in [3.63, 3.8) is 0 Å². The third-order valence-corrected chi connectivity index (χ3v) is 5.09. The number of hydrogen-bond acceptors (Lipinski definition) is 4. The molecule has 18 heavy (non-hydrogen) atoms. The maximum atomic E-state index is 12.2. The van der Waals surface area contributed by atoms with Crippen molar-refractivity contribution < 1.29 is 8.42 Å². The van der Waals surface area contributed by atoms with E-state index in [2.05, 4.69) is 14.6 Å². The second kappa shape index (κ2) is 4.20. The lowest BCUT2D eigenvalue weighted by Crippen LogP contribution is -2.44. The van der Waals surface area contributed by atoms with Crippen LogP contribution in [0.1, 0.15) is 24.8 Å². The Labute approximate surface area is 107 Å². The standard InChI is InChI=1S/C12H17N3O2S/c1-9-6-11-12(13-7-9)15-5-3-2-4-10(15)8-14-18(11,16)17/h6-7,10,14H,2-5,8H2,1H3. The molecule has 1 fully saturated rings. The van der Waals surface area contributed by atoms with Crippen LogP contribution in [-0.2, 0) is 10.0 Å². The van der Waals surface area contributed by atoms with Gasteiger partial charge in [-0.25, -0.2) is 18.1 Å². The Morgan fingerprint density at radius 1 is 1.44 bits per heavy atom. The van der Waals surface area contributed by atoms with E-state index in [-0.39, 0.29) is 6.04 Å². The van der Waals surface area contributed by atoms with Crippen LogP contribution in [0.2, 0.25) is 0 Å². The van der Waals surface area contributed by atoms with Gasteiger partial charge >= 0.3 is 0 Å². The molecule has 0 radical (unpaired) electrons. The average Bonchev–Trinajstić information content (AvgIpc) is 2.46. The second-order valence-corrected chi connectivity index (χ2v) is 6.76. The Morgan fingerprint density at radius 2 is 2.28 bits per heavy atom. The van der Waals surface area contributed by atoms with Crippen LogP contribution in [0.4, 0.5) is 5.82 Å². The van der Waals surface area contributed by atoms with Crippen LogP contribution in [-0.4, -0.2) is 32.5 Å². The SMILES string of the molecule is Cc1cnc2c(c1)S(=O)(=O)NCC1CCCCN21. The number of anilines is 1. The quantitative estimate of drug-likeness (QED) is 0.763. The lowest BCUT2D eigenvalue weighted by atomic mass is 10.0. The summed E-state index contributed by atoms with van der Waals surface area (Å²) in [6, 6.07) is 1.95. The highest BCUT2D eigenvalue weighted by molar-refractivity contribution is 7.89. The van der Waals surface area contributed by atoms with Gasteiger partial charge in [0.2, 0.25) is 10.0 Å². The van der Waals surface area contributed by atoms with E-state index in [0.717, 1.165) is 31.4 Å². The fourth-order valence-corrected chi connectivity index (χ4v) is 4.04. The van der Waals surface area contributed by atoms with Crippen LogP contribution >= 0.6 is 0 Å². The smallest absolute Gasteiger partial charge is 0.244 e. The molecule has 6 heteroatoms. The minimum Gasteiger partial charge on any atom is -0.351 e. The van der Waals surface area contributed by atoms with Crippen LogP contribution < -0.4 is 9.62 Å². The molecule has 3 rings (SSSR count). The van der Waals surface area contributed by atoms with Gasteiger partial charge in [0.15, 0.2) is 0 Å². The Balaban J connectivity index is 2.17. The molecule has 0 saturated carbocycles. The fourth-order valence-electron chi connectivity index (χ4n) is 2.72. The van der Waals surface area contributed by atoms with E-state index in [9.17, 15) is 8.42 Å². The number of rotatable bonds is 0. The first-order chi connectivity index (χ1) is 8.58. The van der Waals surface area contributed by atoms with Gasteiger partial charge in [-0.1, -0.05) is 0 Å². The summed E-state index contributed by atoms with van der Waals surface area (Å²) >= 11 is 0. The summed E-state index contributed by atoms with van der Waals surface area (Å²) in [5, 5.41) is 0. The van der Waals surface area contributed by atoms with E-state index in [1.54, 1.807) is 12.3 Å². The lowest BCUT2D eigenvalue weighted by Gasteiger charge is -2.35. The number of aromatic nitrogens is 1. The normalized spacial score (nSPS) is 26.1. The molecule has 0 amide bonds. The van der Waals surface area contributed by atoms with E-state index in [1.807, 2.05) is 6.92 Å². The number of hydrogen-bond donors (Lipinski definition) is 1. The molecule has 5 nitrogen and oxygen atoms in total. The summed E-state index contributed by atoms with van der Waals surface area (Å²) in [6.45, 7) is 3.24. The van der Waals surface area contributed by atoms with Gasteiger partial charge in [-0.3, -0.25) is 0 Å². The molecular formula is C12H17N3O2S. The summed E-state index contributed by atoms with van der Waals surface area (Å²) in [6.07, 6.45) is 5.03. The van der Waals surface area contributed by atoms with Gasteiger partial charge in [-0.15, -0.1) is 0 Å². The predicted molar refractivity (Wildman–Crippen MR) is 69.1 cm³/mol. The highest BCUT2D eigenvalue weighted by atomic mass is 32.2. The van der Waals surface area contributed by atoms with Crippen molar-refractivity contribution in [1.82, 2.24) is 9.71 Å². The summed E-state index contributed by atoms with van der Waals surface area (Å²) in [5.74, 6) is 0.621. The molecule has 1 saturated heterocycles. The molecule has 1 atom stereocenters. The van der Waals surface area contributed by atoms with Crippen LogP contribution in [0.15, 0.2) is 17.2 Å². The summed E-state index contributed by atoms with van der Waals surface area (Å²) in [5.41, 5.74) is 0.870. The van der Waals surface area contributed by atoms with Crippen molar-refractivity contribution in [3.8, 4) is 0 Å². The van der Waals surface area contributed by atoms with E-state index in [4.69, 9.17) is 0 Å². The van der Waals surface area contributed by atoms with Gasteiger partial charge in [0.25, 0.3) is 0 Å². The molecule has 2 aliphatic rings. The molecule has 1 N–H and O–H groups in total. The van der Waals surface area contributed by atoms with Crippen LogP contribution in [0.25, 0.3) is 0 Å². The van der Waals surface area contributed by atoms with Crippen LogP contribution in [0.3, 0.4) is 0 Å². The number of nitrogens with zero attached hydrogens (tertiary/aromatic N) is 2. The first kappa shape index (κ1) is 11.9. The first-order valence-corrected chi connectivity index (χ1v) is 7.79.